The topological polar surface area (TPSA) is 26.3 Å². The Morgan fingerprint density at radius 2 is 2.00 bits per heavy atom. The summed E-state index contributed by atoms with van der Waals surface area (Å²) in [7, 11) is 0. The molecular formula is C20H28O2. The summed E-state index contributed by atoms with van der Waals surface area (Å²) >= 11 is 0. The maximum atomic E-state index is 12.5. The van der Waals surface area contributed by atoms with Crippen LogP contribution in [0.25, 0.3) is 0 Å². The Hall–Kier alpha value is -0.790. The van der Waals surface area contributed by atoms with Gasteiger partial charge in [-0.3, -0.25) is 4.79 Å². The molecule has 4 bridgehead atoms. The van der Waals surface area contributed by atoms with Gasteiger partial charge in [0, 0.05) is 5.41 Å². The minimum Gasteiger partial charge on any atom is -0.465 e. The number of ether oxygens (including phenoxy) is 1. The van der Waals surface area contributed by atoms with Gasteiger partial charge in [0.2, 0.25) is 0 Å². The molecule has 0 N–H and O–H groups in total. The number of allylic oxidation sites excluding steroid dienone is 1. The molecule has 4 aliphatic carbocycles. The van der Waals surface area contributed by atoms with E-state index in [1.807, 2.05) is 0 Å². The van der Waals surface area contributed by atoms with Gasteiger partial charge in [0.25, 0.3) is 0 Å². The Kier molecular flexibility index (Phi) is 2.47. The largest absolute Gasteiger partial charge is 0.465 e. The molecule has 1 aliphatic heterocycles. The first kappa shape index (κ1) is 13.6. The van der Waals surface area contributed by atoms with Crippen LogP contribution in [0.3, 0.4) is 0 Å². The molecule has 0 aromatic heterocycles. The predicted molar refractivity (Wildman–Crippen MR) is 85.1 cm³/mol. The molecule has 5 aliphatic rings. The second kappa shape index (κ2) is 3.99. The number of carbonyl (C=O) groups is 1. The lowest BCUT2D eigenvalue weighted by atomic mass is 9.40. The molecule has 6 atom stereocenters. The highest BCUT2D eigenvalue weighted by Gasteiger charge is 2.69. The monoisotopic (exact) mass is 300 g/mol. The zero-order chi connectivity index (χ0) is 15.2. The predicted octanol–water partition coefficient (Wildman–Crippen LogP) is 4.49. The van der Waals surface area contributed by atoms with Gasteiger partial charge in [-0.2, -0.15) is 0 Å². The van der Waals surface area contributed by atoms with E-state index in [0.29, 0.717) is 16.7 Å². The van der Waals surface area contributed by atoms with E-state index in [1.165, 1.54) is 56.9 Å². The Balaban J connectivity index is 1.61. The van der Waals surface area contributed by atoms with Gasteiger partial charge in [-0.1, -0.05) is 18.6 Å². The van der Waals surface area contributed by atoms with Crippen LogP contribution in [0.2, 0.25) is 0 Å². The molecule has 1 heterocycles. The highest BCUT2D eigenvalue weighted by atomic mass is 16.5. The fourth-order valence-corrected chi connectivity index (χ4v) is 7.92. The van der Waals surface area contributed by atoms with Crippen molar-refractivity contribution in [2.45, 2.75) is 64.7 Å². The molecular weight excluding hydrogens is 272 g/mol. The Bertz CT molecular complexity index is 566. The fraction of sp³-hybridized carbons (Fsp3) is 0.850. The van der Waals surface area contributed by atoms with Crippen LogP contribution in [-0.4, -0.2) is 12.6 Å². The molecule has 0 radical (unpaired) electrons. The number of hydrogen-bond donors (Lipinski definition) is 0. The third-order valence-corrected chi connectivity index (χ3v) is 8.72. The number of fused-ring (bicyclic) bond motifs is 1. The van der Waals surface area contributed by atoms with Gasteiger partial charge >= 0.3 is 5.97 Å². The van der Waals surface area contributed by atoms with Crippen molar-refractivity contribution in [1.29, 1.82) is 0 Å². The van der Waals surface area contributed by atoms with Crippen LogP contribution in [-0.2, 0) is 9.53 Å². The van der Waals surface area contributed by atoms with E-state index in [0.717, 1.165) is 24.9 Å². The first-order chi connectivity index (χ1) is 10.5. The second-order valence-electron chi connectivity index (χ2n) is 9.40. The first-order valence-corrected chi connectivity index (χ1v) is 9.35. The van der Waals surface area contributed by atoms with Gasteiger partial charge in [0.1, 0.15) is 0 Å². The van der Waals surface area contributed by atoms with Crippen molar-refractivity contribution >= 4 is 5.97 Å². The lowest BCUT2D eigenvalue weighted by molar-refractivity contribution is -0.232. The fourth-order valence-electron chi connectivity index (χ4n) is 7.92. The van der Waals surface area contributed by atoms with Gasteiger partial charge in [0.15, 0.2) is 0 Å². The van der Waals surface area contributed by atoms with Gasteiger partial charge in [-0.05, 0) is 81.5 Å². The summed E-state index contributed by atoms with van der Waals surface area (Å²) in [6, 6.07) is 0. The minimum atomic E-state index is -0.190. The molecule has 5 rings (SSSR count). The standard InChI is InChI=1S/C20H28O2/c1-13-10-19-9-6-15-18(2)7-3-8-20(15,12-22-17(18)21)16(19)5-4-14(13)11-19/h14-16H,1,3-12H2,2H3/t14-,15-,16-,18-,19-,20+/m1/s1. The molecule has 2 heteroatoms. The minimum absolute atomic E-state index is 0.105. The van der Waals surface area contributed by atoms with Gasteiger partial charge in [-0.15, -0.1) is 0 Å². The van der Waals surface area contributed by atoms with E-state index >= 15 is 0 Å². The smallest absolute Gasteiger partial charge is 0.312 e. The zero-order valence-electron chi connectivity index (χ0n) is 13.8. The van der Waals surface area contributed by atoms with Crippen molar-refractivity contribution in [2.75, 3.05) is 6.61 Å². The number of esters is 1. The lowest BCUT2D eigenvalue weighted by Crippen LogP contribution is -2.64. The molecule has 0 aromatic rings. The summed E-state index contributed by atoms with van der Waals surface area (Å²) in [5.41, 5.74) is 2.15. The van der Waals surface area contributed by atoms with Crippen LogP contribution in [0.5, 0.6) is 0 Å². The van der Waals surface area contributed by atoms with Crippen LogP contribution in [0.4, 0.5) is 0 Å². The quantitative estimate of drug-likeness (QED) is 0.486. The van der Waals surface area contributed by atoms with Crippen molar-refractivity contribution in [3.8, 4) is 0 Å². The zero-order valence-corrected chi connectivity index (χ0v) is 13.8. The van der Waals surface area contributed by atoms with Crippen LogP contribution in [0, 0.1) is 34.0 Å². The van der Waals surface area contributed by atoms with Crippen LogP contribution >= 0.6 is 0 Å². The Morgan fingerprint density at radius 1 is 1.14 bits per heavy atom. The molecule has 120 valence electrons. The number of rotatable bonds is 0. The van der Waals surface area contributed by atoms with Gasteiger partial charge < -0.3 is 4.74 Å². The molecule has 1 saturated heterocycles. The third-order valence-electron chi connectivity index (χ3n) is 8.72. The van der Waals surface area contributed by atoms with Crippen LogP contribution in [0.1, 0.15) is 64.7 Å². The van der Waals surface area contributed by atoms with Gasteiger partial charge in [-0.25, -0.2) is 0 Å². The molecule has 2 nitrogen and oxygen atoms in total. The highest BCUT2D eigenvalue weighted by Crippen LogP contribution is 2.73. The molecule has 4 saturated carbocycles. The van der Waals surface area contributed by atoms with Gasteiger partial charge in [0.05, 0.1) is 12.0 Å². The second-order valence-corrected chi connectivity index (χ2v) is 9.40. The molecule has 22 heavy (non-hydrogen) atoms. The van der Waals surface area contributed by atoms with Crippen LogP contribution in [0.15, 0.2) is 12.2 Å². The van der Waals surface area contributed by atoms with Crippen molar-refractivity contribution in [1.82, 2.24) is 0 Å². The maximum absolute atomic E-state index is 12.5. The Morgan fingerprint density at radius 3 is 2.86 bits per heavy atom. The van der Waals surface area contributed by atoms with Crippen molar-refractivity contribution < 1.29 is 9.53 Å². The molecule has 0 aromatic carbocycles. The number of hydrogen-bond acceptors (Lipinski definition) is 2. The van der Waals surface area contributed by atoms with Crippen molar-refractivity contribution in [2.24, 2.45) is 34.0 Å². The highest BCUT2D eigenvalue weighted by molar-refractivity contribution is 5.78. The number of carbonyl (C=O) groups excluding carboxylic acids is 1. The third kappa shape index (κ3) is 1.37. The maximum Gasteiger partial charge on any atom is 0.312 e. The van der Waals surface area contributed by atoms with Crippen molar-refractivity contribution in [3.05, 3.63) is 12.2 Å². The van der Waals surface area contributed by atoms with E-state index in [2.05, 4.69) is 13.5 Å². The van der Waals surface area contributed by atoms with E-state index in [1.54, 1.807) is 0 Å². The van der Waals surface area contributed by atoms with E-state index < -0.39 is 0 Å². The summed E-state index contributed by atoms with van der Waals surface area (Å²) in [4.78, 5) is 12.5. The molecule has 5 fully saturated rings. The summed E-state index contributed by atoms with van der Waals surface area (Å²) < 4.78 is 5.83. The summed E-state index contributed by atoms with van der Waals surface area (Å²) in [5.74, 6) is 2.26. The summed E-state index contributed by atoms with van der Waals surface area (Å²) in [6.07, 6.45) is 11.5. The number of cyclic esters (lactones) is 1. The lowest BCUT2D eigenvalue weighted by Gasteiger charge is -2.66. The molecule has 1 spiro atoms. The molecule has 0 unspecified atom stereocenters. The molecule has 0 amide bonds. The summed E-state index contributed by atoms with van der Waals surface area (Å²) in [6.45, 7) is 7.34. The van der Waals surface area contributed by atoms with E-state index in [-0.39, 0.29) is 11.4 Å². The van der Waals surface area contributed by atoms with E-state index in [4.69, 9.17) is 4.74 Å². The Labute approximate surface area is 133 Å². The average Bonchev–Trinajstić information content (AvgIpc) is 2.73. The first-order valence-electron chi connectivity index (χ1n) is 9.35. The SMILES string of the molecule is C=C1C[C@@]23CC[C@H]4[C@@]5(CCC[C@@]4(C)C(=O)OC5)[C@@H]2CC[C@@H]1C3. The summed E-state index contributed by atoms with van der Waals surface area (Å²) in [5, 5.41) is 0. The normalized spacial score (nSPS) is 56.1. The van der Waals surface area contributed by atoms with E-state index in [9.17, 15) is 4.79 Å². The van der Waals surface area contributed by atoms with Crippen LogP contribution < -0.4 is 0 Å². The van der Waals surface area contributed by atoms with Crippen molar-refractivity contribution in [3.63, 3.8) is 0 Å². The average molecular weight is 300 g/mol.